The van der Waals surface area contributed by atoms with Crippen LogP contribution >= 0.6 is 11.6 Å². The molecule has 0 aliphatic carbocycles. The molecule has 0 fully saturated rings. The van der Waals surface area contributed by atoms with Gasteiger partial charge in [0.15, 0.2) is 0 Å². The van der Waals surface area contributed by atoms with Crippen LogP contribution in [-0.2, 0) is 0 Å². The van der Waals surface area contributed by atoms with Crippen molar-refractivity contribution in [3.8, 4) is 0 Å². The van der Waals surface area contributed by atoms with Gasteiger partial charge in [0.1, 0.15) is 5.15 Å². The summed E-state index contributed by atoms with van der Waals surface area (Å²) in [6, 6.07) is 3.44. The summed E-state index contributed by atoms with van der Waals surface area (Å²) in [4.78, 5) is 17.8. The summed E-state index contributed by atoms with van der Waals surface area (Å²) in [7, 11) is 0. The van der Waals surface area contributed by atoms with Gasteiger partial charge in [0, 0.05) is 19.3 Å². The monoisotopic (exact) mass is 236 g/mol. The molecule has 0 bridgehead atoms. The normalized spacial score (nSPS) is 15.9. The molecule has 1 amide bonds. The van der Waals surface area contributed by atoms with Gasteiger partial charge in [0.2, 0.25) is 0 Å². The van der Waals surface area contributed by atoms with E-state index >= 15 is 0 Å². The van der Waals surface area contributed by atoms with Gasteiger partial charge in [-0.25, -0.2) is 4.98 Å². The van der Waals surface area contributed by atoms with Crippen molar-refractivity contribution in [2.24, 2.45) is 0 Å². The Balaban J connectivity index is 2.18. The second kappa shape index (κ2) is 4.66. The number of aromatic nitrogens is 1. The third-order valence-electron chi connectivity index (χ3n) is 2.71. The number of hydrogen-bond acceptors (Lipinski definition) is 2. The molecule has 4 heteroatoms. The molecule has 0 N–H and O–H groups in total. The number of hydrogen-bond donors (Lipinski definition) is 0. The summed E-state index contributed by atoms with van der Waals surface area (Å²) in [5.41, 5.74) is 1.82. The van der Waals surface area contributed by atoms with Crippen LogP contribution in [0.1, 0.15) is 23.7 Å². The third-order valence-corrected chi connectivity index (χ3v) is 3.01. The molecule has 3 nitrogen and oxygen atoms in total. The molecule has 1 aliphatic heterocycles. The van der Waals surface area contributed by atoms with Gasteiger partial charge in [0.05, 0.1) is 5.56 Å². The summed E-state index contributed by atoms with van der Waals surface area (Å²) in [6.45, 7) is 3.50. The number of pyridine rings is 1. The average Bonchev–Trinajstić information content (AvgIpc) is 2.30. The van der Waals surface area contributed by atoms with E-state index in [0.717, 1.165) is 13.0 Å². The standard InChI is InChI=1S/C12H13ClN2O/c1-9-4-7-15(8-5-9)12(16)10-3-2-6-14-11(10)13/h2-4,6H,5,7-8H2,1H3. The minimum atomic E-state index is -0.0400. The van der Waals surface area contributed by atoms with E-state index in [9.17, 15) is 4.79 Å². The number of halogens is 1. The molecule has 0 saturated heterocycles. The van der Waals surface area contributed by atoms with Crippen LogP contribution in [0.4, 0.5) is 0 Å². The highest BCUT2D eigenvalue weighted by molar-refractivity contribution is 6.32. The number of rotatable bonds is 1. The first kappa shape index (κ1) is 11.1. The quantitative estimate of drug-likeness (QED) is 0.555. The molecule has 84 valence electrons. The van der Waals surface area contributed by atoms with E-state index in [2.05, 4.69) is 18.0 Å². The number of amides is 1. The Hall–Kier alpha value is -1.35. The van der Waals surface area contributed by atoms with Crippen molar-refractivity contribution in [2.45, 2.75) is 13.3 Å². The number of carbonyl (C=O) groups excluding carboxylic acids is 1. The molecule has 0 radical (unpaired) electrons. The minimum Gasteiger partial charge on any atom is -0.335 e. The van der Waals surface area contributed by atoms with Gasteiger partial charge in [-0.05, 0) is 25.5 Å². The zero-order valence-electron chi connectivity index (χ0n) is 9.11. The Labute approximate surface area is 99.7 Å². The Bertz CT molecular complexity index is 442. The van der Waals surface area contributed by atoms with E-state index in [0.29, 0.717) is 12.1 Å². The van der Waals surface area contributed by atoms with Crippen LogP contribution in [0.3, 0.4) is 0 Å². The molecule has 1 aromatic rings. The van der Waals surface area contributed by atoms with Gasteiger partial charge >= 0.3 is 0 Å². The molecule has 1 aromatic heterocycles. The summed E-state index contributed by atoms with van der Waals surface area (Å²) < 4.78 is 0. The van der Waals surface area contributed by atoms with Gasteiger partial charge < -0.3 is 4.90 Å². The lowest BCUT2D eigenvalue weighted by atomic mass is 10.1. The summed E-state index contributed by atoms with van der Waals surface area (Å²) in [5.74, 6) is -0.0400. The molecule has 1 aliphatic rings. The highest BCUT2D eigenvalue weighted by Gasteiger charge is 2.19. The Morgan fingerprint density at radius 1 is 1.56 bits per heavy atom. The van der Waals surface area contributed by atoms with Crippen molar-refractivity contribution >= 4 is 17.5 Å². The first-order chi connectivity index (χ1) is 7.68. The second-order valence-electron chi connectivity index (χ2n) is 3.89. The molecular weight excluding hydrogens is 224 g/mol. The van der Waals surface area contributed by atoms with Gasteiger partial charge in [-0.1, -0.05) is 23.3 Å². The topological polar surface area (TPSA) is 33.2 Å². The maximum Gasteiger partial charge on any atom is 0.257 e. The predicted octanol–water partition coefficient (Wildman–Crippen LogP) is 2.53. The maximum absolute atomic E-state index is 12.1. The van der Waals surface area contributed by atoms with E-state index in [1.165, 1.54) is 5.57 Å². The van der Waals surface area contributed by atoms with E-state index in [4.69, 9.17) is 11.6 Å². The van der Waals surface area contributed by atoms with Crippen LogP contribution in [0.15, 0.2) is 30.0 Å². The van der Waals surface area contributed by atoms with Crippen molar-refractivity contribution < 1.29 is 4.79 Å². The molecule has 0 aromatic carbocycles. The third kappa shape index (κ3) is 2.25. The van der Waals surface area contributed by atoms with Gasteiger partial charge in [0.25, 0.3) is 5.91 Å². The molecule has 0 unspecified atom stereocenters. The SMILES string of the molecule is CC1=CCN(C(=O)c2cccnc2Cl)CC1. The molecule has 2 rings (SSSR count). The number of carbonyl (C=O) groups is 1. The lowest BCUT2D eigenvalue weighted by Gasteiger charge is -2.25. The smallest absolute Gasteiger partial charge is 0.257 e. The lowest BCUT2D eigenvalue weighted by molar-refractivity contribution is 0.0769. The highest BCUT2D eigenvalue weighted by Crippen LogP contribution is 2.17. The van der Waals surface area contributed by atoms with Crippen LogP contribution in [0.25, 0.3) is 0 Å². The maximum atomic E-state index is 12.1. The fraction of sp³-hybridized carbons (Fsp3) is 0.333. The van der Waals surface area contributed by atoms with Crippen LogP contribution < -0.4 is 0 Å². The molecular formula is C12H13ClN2O. The fourth-order valence-electron chi connectivity index (χ4n) is 1.67. The summed E-state index contributed by atoms with van der Waals surface area (Å²) in [5, 5.41) is 0.277. The van der Waals surface area contributed by atoms with Crippen molar-refractivity contribution in [2.75, 3.05) is 13.1 Å². The molecule has 0 spiro atoms. The van der Waals surface area contributed by atoms with E-state index in [1.54, 1.807) is 23.2 Å². The largest absolute Gasteiger partial charge is 0.335 e. The van der Waals surface area contributed by atoms with Gasteiger partial charge in [-0.2, -0.15) is 0 Å². The zero-order chi connectivity index (χ0) is 11.5. The predicted molar refractivity (Wildman–Crippen MR) is 63.5 cm³/mol. The van der Waals surface area contributed by atoms with Crippen LogP contribution in [0.5, 0.6) is 0 Å². The Morgan fingerprint density at radius 3 is 3.00 bits per heavy atom. The van der Waals surface area contributed by atoms with E-state index in [1.807, 2.05) is 0 Å². The molecule has 0 saturated carbocycles. The lowest BCUT2D eigenvalue weighted by Crippen LogP contribution is -2.34. The Kier molecular flexibility index (Phi) is 3.25. The average molecular weight is 237 g/mol. The van der Waals surface area contributed by atoms with Crippen LogP contribution in [-0.4, -0.2) is 28.9 Å². The van der Waals surface area contributed by atoms with Gasteiger partial charge in [-0.3, -0.25) is 4.79 Å². The van der Waals surface area contributed by atoms with Crippen molar-refractivity contribution in [3.63, 3.8) is 0 Å². The molecule has 2 heterocycles. The van der Waals surface area contributed by atoms with Crippen LogP contribution in [0.2, 0.25) is 5.15 Å². The van der Waals surface area contributed by atoms with Crippen molar-refractivity contribution in [3.05, 3.63) is 40.7 Å². The Morgan fingerprint density at radius 2 is 2.38 bits per heavy atom. The fourth-order valence-corrected chi connectivity index (χ4v) is 1.87. The van der Waals surface area contributed by atoms with E-state index < -0.39 is 0 Å². The molecule has 16 heavy (non-hydrogen) atoms. The molecule has 0 atom stereocenters. The first-order valence-corrected chi connectivity index (χ1v) is 5.61. The second-order valence-corrected chi connectivity index (χ2v) is 4.25. The zero-order valence-corrected chi connectivity index (χ0v) is 9.87. The number of nitrogens with zero attached hydrogens (tertiary/aromatic N) is 2. The van der Waals surface area contributed by atoms with Crippen molar-refractivity contribution in [1.29, 1.82) is 0 Å². The van der Waals surface area contributed by atoms with Crippen LogP contribution in [0, 0.1) is 0 Å². The van der Waals surface area contributed by atoms with E-state index in [-0.39, 0.29) is 11.1 Å². The highest BCUT2D eigenvalue weighted by atomic mass is 35.5. The summed E-state index contributed by atoms with van der Waals surface area (Å²) >= 11 is 5.89. The summed E-state index contributed by atoms with van der Waals surface area (Å²) in [6.07, 6.45) is 4.59. The van der Waals surface area contributed by atoms with Gasteiger partial charge in [-0.15, -0.1) is 0 Å². The van der Waals surface area contributed by atoms with Crippen molar-refractivity contribution in [1.82, 2.24) is 9.88 Å². The minimum absolute atomic E-state index is 0.0400. The first-order valence-electron chi connectivity index (χ1n) is 5.24.